The number of hydrogen-bond donors (Lipinski definition) is 2. The van der Waals surface area contributed by atoms with Crippen LogP contribution in [0, 0.1) is 0 Å². The molecule has 5 nitrogen and oxygen atoms in total. The number of fused-ring (bicyclic) bond motifs is 1. The lowest BCUT2D eigenvalue weighted by Crippen LogP contribution is -2.29. The Labute approximate surface area is 114 Å². The van der Waals surface area contributed by atoms with Crippen molar-refractivity contribution < 1.29 is 22.8 Å². The summed E-state index contributed by atoms with van der Waals surface area (Å²) in [7, 11) is 0. The second-order valence-corrected chi connectivity index (χ2v) is 4.87. The van der Waals surface area contributed by atoms with E-state index in [1.165, 1.54) is 6.92 Å². The molecule has 0 saturated heterocycles. The van der Waals surface area contributed by atoms with E-state index < -0.39 is 12.1 Å². The Kier molecular flexibility index (Phi) is 3.62. The van der Waals surface area contributed by atoms with Gasteiger partial charge in [-0.3, -0.25) is 14.9 Å². The van der Waals surface area contributed by atoms with Crippen LogP contribution in [0.15, 0.2) is 18.2 Å². The van der Waals surface area contributed by atoms with E-state index in [2.05, 4.69) is 10.3 Å². The number of carbonyl (C=O) groups excluding carboxylic acids is 2. The average molecular weight is 303 g/mol. The Morgan fingerprint density at radius 1 is 1.25 bits per heavy atom. The minimum absolute atomic E-state index is 0.151. The number of alkyl halides is 3. The number of hydrogen-bond acceptors (Lipinski definition) is 4. The van der Waals surface area contributed by atoms with Gasteiger partial charge in [0.15, 0.2) is 5.13 Å². The van der Waals surface area contributed by atoms with Crippen LogP contribution in [0.4, 0.5) is 24.0 Å². The van der Waals surface area contributed by atoms with Gasteiger partial charge in [0, 0.05) is 12.6 Å². The Balaban J connectivity index is 2.25. The summed E-state index contributed by atoms with van der Waals surface area (Å²) >= 11 is 0.889. The van der Waals surface area contributed by atoms with E-state index in [4.69, 9.17) is 0 Å². The first-order valence-electron chi connectivity index (χ1n) is 5.32. The highest BCUT2D eigenvalue weighted by molar-refractivity contribution is 7.22. The first-order chi connectivity index (χ1) is 9.25. The van der Waals surface area contributed by atoms with Gasteiger partial charge < -0.3 is 5.32 Å². The minimum Gasteiger partial charge on any atom is -0.326 e. The van der Waals surface area contributed by atoms with E-state index >= 15 is 0 Å². The first kappa shape index (κ1) is 14.3. The molecule has 9 heteroatoms. The van der Waals surface area contributed by atoms with Crippen LogP contribution in [0.1, 0.15) is 6.92 Å². The smallest absolute Gasteiger partial charge is 0.326 e. The molecule has 0 atom stereocenters. The molecule has 106 valence electrons. The van der Waals surface area contributed by atoms with Crippen molar-refractivity contribution in [2.75, 3.05) is 10.6 Å². The van der Waals surface area contributed by atoms with Gasteiger partial charge in [-0.05, 0) is 18.2 Å². The van der Waals surface area contributed by atoms with Crippen molar-refractivity contribution in [3.8, 4) is 0 Å². The number of thiazole rings is 1. The highest BCUT2D eigenvalue weighted by Crippen LogP contribution is 2.29. The van der Waals surface area contributed by atoms with E-state index in [-0.39, 0.29) is 11.0 Å². The van der Waals surface area contributed by atoms with Gasteiger partial charge in [0.2, 0.25) is 5.91 Å². The van der Waals surface area contributed by atoms with E-state index in [1.807, 2.05) is 0 Å². The van der Waals surface area contributed by atoms with E-state index in [0.29, 0.717) is 15.9 Å². The van der Waals surface area contributed by atoms with Crippen molar-refractivity contribution >= 4 is 44.2 Å². The summed E-state index contributed by atoms with van der Waals surface area (Å²) in [5.41, 5.74) is 0.934. The zero-order chi connectivity index (χ0) is 14.9. The van der Waals surface area contributed by atoms with Crippen LogP contribution in [-0.4, -0.2) is 23.0 Å². The summed E-state index contributed by atoms with van der Waals surface area (Å²) in [6.45, 7) is 1.34. The lowest BCUT2D eigenvalue weighted by molar-refractivity contribution is -0.167. The molecule has 2 aromatic rings. The Hall–Kier alpha value is -2.16. The minimum atomic E-state index is -4.96. The average Bonchev–Trinajstić information content (AvgIpc) is 2.68. The van der Waals surface area contributed by atoms with Crippen molar-refractivity contribution in [2.45, 2.75) is 13.1 Å². The number of carbonyl (C=O) groups is 2. The predicted octanol–water partition coefficient (Wildman–Crippen LogP) is 2.76. The van der Waals surface area contributed by atoms with Crippen molar-refractivity contribution in [2.24, 2.45) is 0 Å². The lowest BCUT2D eigenvalue weighted by atomic mass is 10.3. The second kappa shape index (κ2) is 5.08. The standard InChI is InChI=1S/C11H8F3N3O2S/c1-5(18)15-6-2-3-7-8(4-6)20-10(16-7)17-9(19)11(12,13)14/h2-4H,1H3,(H,15,18)(H,16,17,19). The van der Waals surface area contributed by atoms with Gasteiger partial charge in [-0.15, -0.1) is 0 Å². The maximum absolute atomic E-state index is 12.1. The molecule has 0 saturated carbocycles. The molecule has 0 bridgehead atoms. The zero-order valence-corrected chi connectivity index (χ0v) is 10.9. The van der Waals surface area contributed by atoms with Crippen LogP contribution in [0.2, 0.25) is 0 Å². The lowest BCUT2D eigenvalue weighted by Gasteiger charge is -2.03. The summed E-state index contributed by atoms with van der Waals surface area (Å²) in [4.78, 5) is 25.6. The number of nitrogens with zero attached hydrogens (tertiary/aromatic N) is 1. The molecule has 2 N–H and O–H groups in total. The molecule has 1 heterocycles. The summed E-state index contributed by atoms with van der Waals surface area (Å²) < 4.78 is 36.9. The van der Waals surface area contributed by atoms with Crippen LogP contribution >= 0.6 is 11.3 Å². The molecule has 1 aromatic heterocycles. The van der Waals surface area contributed by atoms with E-state index in [9.17, 15) is 22.8 Å². The number of nitrogens with one attached hydrogen (secondary N) is 2. The summed E-state index contributed by atoms with van der Waals surface area (Å²) in [6, 6.07) is 4.68. The Bertz CT molecular complexity index is 681. The zero-order valence-electron chi connectivity index (χ0n) is 10.0. The van der Waals surface area contributed by atoms with Gasteiger partial charge in [-0.25, -0.2) is 4.98 Å². The molecule has 1 aromatic carbocycles. The Morgan fingerprint density at radius 2 is 1.95 bits per heavy atom. The molecule has 0 aliphatic rings. The summed E-state index contributed by atoms with van der Waals surface area (Å²) in [5, 5.41) is 4.08. The van der Waals surface area contributed by atoms with E-state index in [0.717, 1.165) is 11.3 Å². The van der Waals surface area contributed by atoms with Gasteiger partial charge in [0.05, 0.1) is 10.2 Å². The summed E-state index contributed by atoms with van der Waals surface area (Å²) in [6.07, 6.45) is -4.96. The van der Waals surface area contributed by atoms with Gasteiger partial charge in [0.25, 0.3) is 0 Å². The van der Waals surface area contributed by atoms with Gasteiger partial charge >= 0.3 is 12.1 Å². The summed E-state index contributed by atoms with van der Waals surface area (Å²) in [5.74, 6) is -2.34. The van der Waals surface area contributed by atoms with Crippen molar-refractivity contribution in [3.63, 3.8) is 0 Å². The number of amides is 2. The molecular formula is C11H8F3N3O2S. The fourth-order valence-corrected chi connectivity index (χ4v) is 2.33. The third kappa shape index (κ3) is 3.23. The van der Waals surface area contributed by atoms with Crippen LogP contribution in [0.5, 0.6) is 0 Å². The maximum atomic E-state index is 12.1. The third-order valence-electron chi connectivity index (χ3n) is 2.19. The Morgan fingerprint density at radius 3 is 2.55 bits per heavy atom. The normalized spacial score (nSPS) is 11.4. The molecule has 0 radical (unpaired) electrons. The highest BCUT2D eigenvalue weighted by Gasteiger charge is 2.39. The predicted molar refractivity (Wildman–Crippen MR) is 68.6 cm³/mol. The topological polar surface area (TPSA) is 71.1 Å². The molecule has 0 spiro atoms. The maximum Gasteiger partial charge on any atom is 0.471 e. The molecule has 2 amide bonds. The van der Waals surface area contributed by atoms with Crippen molar-refractivity contribution in [3.05, 3.63) is 18.2 Å². The van der Waals surface area contributed by atoms with E-state index in [1.54, 1.807) is 23.5 Å². The van der Waals surface area contributed by atoms with Crippen molar-refractivity contribution in [1.29, 1.82) is 0 Å². The first-order valence-corrected chi connectivity index (χ1v) is 6.14. The fraction of sp³-hybridized carbons (Fsp3) is 0.182. The number of rotatable bonds is 2. The SMILES string of the molecule is CC(=O)Nc1ccc2nc(NC(=O)C(F)(F)F)sc2c1. The number of benzene rings is 1. The fourth-order valence-electron chi connectivity index (χ4n) is 1.43. The molecule has 0 aliphatic heterocycles. The largest absolute Gasteiger partial charge is 0.471 e. The quantitative estimate of drug-likeness (QED) is 0.896. The molecule has 2 rings (SSSR count). The second-order valence-electron chi connectivity index (χ2n) is 3.83. The van der Waals surface area contributed by atoms with Gasteiger partial charge in [-0.2, -0.15) is 13.2 Å². The van der Waals surface area contributed by atoms with Crippen LogP contribution in [0.3, 0.4) is 0 Å². The number of halogens is 3. The molecule has 0 unspecified atom stereocenters. The number of aromatic nitrogens is 1. The monoisotopic (exact) mass is 303 g/mol. The molecule has 20 heavy (non-hydrogen) atoms. The van der Waals surface area contributed by atoms with Crippen molar-refractivity contribution in [1.82, 2.24) is 4.98 Å². The molecule has 0 aliphatic carbocycles. The van der Waals surface area contributed by atoms with Gasteiger partial charge in [0.1, 0.15) is 0 Å². The van der Waals surface area contributed by atoms with Gasteiger partial charge in [-0.1, -0.05) is 11.3 Å². The molecule has 0 fully saturated rings. The number of anilines is 2. The third-order valence-corrected chi connectivity index (χ3v) is 3.12. The molecular weight excluding hydrogens is 295 g/mol. The van der Waals surface area contributed by atoms with Crippen LogP contribution in [-0.2, 0) is 9.59 Å². The van der Waals surface area contributed by atoms with Crippen LogP contribution in [0.25, 0.3) is 10.2 Å². The highest BCUT2D eigenvalue weighted by atomic mass is 32.1. The van der Waals surface area contributed by atoms with Crippen LogP contribution < -0.4 is 10.6 Å².